The van der Waals surface area contributed by atoms with E-state index in [1.165, 1.54) is 0 Å². The predicted octanol–water partition coefficient (Wildman–Crippen LogP) is 2.10. The van der Waals surface area contributed by atoms with E-state index in [-0.39, 0.29) is 11.7 Å². The number of nitrogens with zero attached hydrogens (tertiary/aromatic N) is 3. The van der Waals surface area contributed by atoms with E-state index in [0.29, 0.717) is 17.9 Å². The van der Waals surface area contributed by atoms with Crippen molar-refractivity contribution in [2.45, 2.75) is 13.8 Å². The number of amides is 1. The first-order valence-electron chi connectivity index (χ1n) is 6.14. The van der Waals surface area contributed by atoms with Crippen LogP contribution in [-0.2, 0) is 7.05 Å². The molecule has 0 bridgehead atoms. The number of aryl methyl sites for hydroxylation is 2. The van der Waals surface area contributed by atoms with Crippen molar-refractivity contribution >= 4 is 11.6 Å². The molecule has 1 aromatic carbocycles. The molecule has 0 spiro atoms. The van der Waals surface area contributed by atoms with Gasteiger partial charge in [-0.1, -0.05) is 6.07 Å². The second-order valence-corrected chi connectivity index (χ2v) is 4.36. The summed E-state index contributed by atoms with van der Waals surface area (Å²) in [7, 11) is 1.75. The van der Waals surface area contributed by atoms with Gasteiger partial charge in [0.25, 0.3) is 5.91 Å². The summed E-state index contributed by atoms with van der Waals surface area (Å²) < 4.78 is 1.57. The number of phenolic OH excluding ortho intramolecular Hbond substituents is 1. The third-order valence-electron chi connectivity index (χ3n) is 2.92. The normalized spacial score (nSPS) is 10.5. The highest BCUT2D eigenvalue weighted by atomic mass is 16.3. The van der Waals surface area contributed by atoms with Gasteiger partial charge < -0.3 is 10.0 Å². The average Bonchev–Trinajstić information content (AvgIpc) is 2.69. The number of hydrogen-bond donors (Lipinski definition) is 1. The van der Waals surface area contributed by atoms with Crippen LogP contribution in [0.3, 0.4) is 0 Å². The topological polar surface area (TPSA) is 58.4 Å². The Kier molecular flexibility index (Phi) is 3.55. The highest BCUT2D eigenvalue weighted by molar-refractivity contribution is 6.05. The molecule has 2 rings (SSSR count). The molecule has 0 aliphatic rings. The van der Waals surface area contributed by atoms with Crippen LogP contribution in [0, 0.1) is 6.92 Å². The molecule has 1 aromatic heterocycles. The number of aromatic hydroxyl groups is 1. The van der Waals surface area contributed by atoms with E-state index in [1.54, 1.807) is 47.0 Å². The van der Waals surface area contributed by atoms with Gasteiger partial charge in [0, 0.05) is 25.3 Å². The van der Waals surface area contributed by atoms with Crippen molar-refractivity contribution in [3.8, 4) is 5.75 Å². The summed E-state index contributed by atoms with van der Waals surface area (Å²) in [4.78, 5) is 14.1. The zero-order valence-electron chi connectivity index (χ0n) is 11.3. The van der Waals surface area contributed by atoms with Gasteiger partial charge in [-0.3, -0.25) is 9.48 Å². The molecule has 0 unspecified atom stereocenters. The molecular weight excluding hydrogens is 242 g/mol. The molecule has 2 aromatic rings. The van der Waals surface area contributed by atoms with Crippen LogP contribution >= 0.6 is 0 Å². The number of carbonyl (C=O) groups is 1. The molecule has 5 heteroatoms. The van der Waals surface area contributed by atoms with Gasteiger partial charge in [-0.25, -0.2) is 0 Å². The minimum absolute atomic E-state index is 0.129. The summed E-state index contributed by atoms with van der Waals surface area (Å²) >= 11 is 0. The van der Waals surface area contributed by atoms with Gasteiger partial charge in [0.2, 0.25) is 0 Å². The maximum atomic E-state index is 12.5. The number of rotatable bonds is 3. The van der Waals surface area contributed by atoms with Crippen LogP contribution in [0.15, 0.2) is 30.3 Å². The van der Waals surface area contributed by atoms with Crippen LogP contribution < -0.4 is 4.90 Å². The molecule has 0 radical (unpaired) electrons. The molecule has 1 N–H and O–H groups in total. The number of hydrogen-bond acceptors (Lipinski definition) is 3. The van der Waals surface area contributed by atoms with Crippen molar-refractivity contribution in [3.05, 3.63) is 41.7 Å². The van der Waals surface area contributed by atoms with E-state index in [2.05, 4.69) is 5.10 Å². The molecule has 0 saturated carbocycles. The number of anilines is 1. The Morgan fingerprint density at radius 3 is 2.68 bits per heavy atom. The Labute approximate surface area is 112 Å². The zero-order valence-corrected chi connectivity index (χ0v) is 11.3. The lowest BCUT2D eigenvalue weighted by molar-refractivity contribution is 0.0979. The summed E-state index contributed by atoms with van der Waals surface area (Å²) in [5.74, 6) is 0.0149. The van der Waals surface area contributed by atoms with E-state index in [0.717, 1.165) is 5.69 Å². The highest BCUT2D eigenvalue weighted by Gasteiger charge is 2.20. The van der Waals surface area contributed by atoms with E-state index in [9.17, 15) is 9.90 Å². The lowest BCUT2D eigenvalue weighted by Crippen LogP contribution is -2.32. The number of carbonyl (C=O) groups excluding carboxylic acids is 1. The second-order valence-electron chi connectivity index (χ2n) is 4.36. The van der Waals surface area contributed by atoms with Crippen molar-refractivity contribution in [3.63, 3.8) is 0 Å². The van der Waals surface area contributed by atoms with Gasteiger partial charge in [-0.15, -0.1) is 0 Å². The first-order valence-corrected chi connectivity index (χ1v) is 6.14. The van der Waals surface area contributed by atoms with Crippen LogP contribution in [0.4, 0.5) is 5.69 Å². The fourth-order valence-electron chi connectivity index (χ4n) is 2.05. The fourth-order valence-corrected chi connectivity index (χ4v) is 2.05. The van der Waals surface area contributed by atoms with Gasteiger partial charge in [-0.05, 0) is 32.0 Å². The van der Waals surface area contributed by atoms with Crippen molar-refractivity contribution in [1.29, 1.82) is 0 Å². The third kappa shape index (κ3) is 2.59. The minimum Gasteiger partial charge on any atom is -0.508 e. The summed E-state index contributed by atoms with van der Waals surface area (Å²) in [6.45, 7) is 4.26. The molecule has 1 heterocycles. The van der Waals surface area contributed by atoms with Gasteiger partial charge in [0.15, 0.2) is 0 Å². The quantitative estimate of drug-likeness (QED) is 0.918. The monoisotopic (exact) mass is 259 g/mol. The maximum Gasteiger partial charge on any atom is 0.276 e. The van der Waals surface area contributed by atoms with E-state index in [1.807, 2.05) is 13.8 Å². The Morgan fingerprint density at radius 1 is 1.42 bits per heavy atom. The summed E-state index contributed by atoms with van der Waals surface area (Å²) in [5.41, 5.74) is 2.01. The molecule has 0 atom stereocenters. The maximum absolute atomic E-state index is 12.5. The van der Waals surface area contributed by atoms with E-state index in [4.69, 9.17) is 0 Å². The molecule has 0 fully saturated rings. The van der Waals surface area contributed by atoms with E-state index < -0.39 is 0 Å². The van der Waals surface area contributed by atoms with Crippen LogP contribution in [-0.4, -0.2) is 27.3 Å². The van der Waals surface area contributed by atoms with Gasteiger partial charge in [0.05, 0.1) is 5.69 Å². The highest BCUT2D eigenvalue weighted by Crippen LogP contribution is 2.21. The van der Waals surface area contributed by atoms with Crippen LogP contribution in [0.25, 0.3) is 0 Å². The number of benzene rings is 1. The standard InChI is InChI=1S/C14H17N3O2/c1-4-17(11-6-5-7-12(18)9-11)14(19)13-8-10(2)15-16(13)3/h5-9,18H,4H2,1-3H3. The molecule has 100 valence electrons. The number of phenols is 1. The van der Waals surface area contributed by atoms with Crippen molar-refractivity contribution < 1.29 is 9.90 Å². The van der Waals surface area contributed by atoms with Gasteiger partial charge in [0.1, 0.15) is 11.4 Å². The molecule has 5 nitrogen and oxygen atoms in total. The zero-order chi connectivity index (χ0) is 14.0. The predicted molar refractivity (Wildman–Crippen MR) is 73.4 cm³/mol. The minimum atomic E-state index is -0.129. The lowest BCUT2D eigenvalue weighted by Gasteiger charge is -2.21. The van der Waals surface area contributed by atoms with Crippen molar-refractivity contribution in [1.82, 2.24) is 9.78 Å². The first kappa shape index (κ1) is 13.1. The van der Waals surface area contributed by atoms with Gasteiger partial charge in [-0.2, -0.15) is 5.10 Å². The first-order chi connectivity index (χ1) is 9.02. The van der Waals surface area contributed by atoms with E-state index >= 15 is 0 Å². The van der Waals surface area contributed by atoms with Crippen molar-refractivity contribution in [2.24, 2.45) is 7.05 Å². The molecule has 1 amide bonds. The Balaban J connectivity index is 2.37. The average molecular weight is 259 g/mol. The molecule has 19 heavy (non-hydrogen) atoms. The molecule has 0 aliphatic carbocycles. The SMILES string of the molecule is CCN(C(=O)c1cc(C)nn1C)c1cccc(O)c1. The number of aromatic nitrogens is 2. The molecule has 0 aliphatic heterocycles. The molecule has 0 saturated heterocycles. The van der Waals surface area contributed by atoms with Crippen LogP contribution in [0.2, 0.25) is 0 Å². The molecular formula is C14H17N3O2. The fraction of sp³-hybridized carbons (Fsp3) is 0.286. The smallest absolute Gasteiger partial charge is 0.276 e. The third-order valence-corrected chi connectivity index (χ3v) is 2.92. The second kappa shape index (κ2) is 5.14. The Morgan fingerprint density at radius 2 is 2.16 bits per heavy atom. The van der Waals surface area contributed by atoms with Crippen molar-refractivity contribution in [2.75, 3.05) is 11.4 Å². The lowest BCUT2D eigenvalue weighted by atomic mass is 10.2. The van der Waals surface area contributed by atoms with Crippen LogP contribution in [0.5, 0.6) is 5.75 Å². The largest absolute Gasteiger partial charge is 0.508 e. The Hall–Kier alpha value is -2.30. The summed E-state index contributed by atoms with van der Waals surface area (Å²) in [6.07, 6.45) is 0. The van der Waals surface area contributed by atoms with Gasteiger partial charge >= 0.3 is 0 Å². The summed E-state index contributed by atoms with van der Waals surface area (Å²) in [6, 6.07) is 8.42. The summed E-state index contributed by atoms with van der Waals surface area (Å²) in [5, 5.41) is 13.7. The Bertz CT molecular complexity index is 604. The van der Waals surface area contributed by atoms with Crippen LogP contribution in [0.1, 0.15) is 23.1 Å².